The zero-order valence-corrected chi connectivity index (χ0v) is 10.7. The van der Waals surface area contributed by atoms with Crippen LogP contribution in [0, 0.1) is 6.92 Å². The maximum atomic E-state index is 12.2. The molecule has 1 saturated heterocycles. The first kappa shape index (κ1) is 11.7. The Hall–Kier alpha value is -1.36. The molecule has 0 bridgehead atoms. The van der Waals surface area contributed by atoms with Crippen LogP contribution in [0.4, 0.5) is 0 Å². The molecule has 18 heavy (non-hydrogen) atoms. The summed E-state index contributed by atoms with van der Waals surface area (Å²) in [5.41, 5.74) is 0.875. The highest BCUT2D eigenvalue weighted by Gasteiger charge is 2.33. The average Bonchev–Trinajstić information content (AvgIpc) is 2.87. The van der Waals surface area contributed by atoms with Crippen LogP contribution >= 0.6 is 0 Å². The van der Waals surface area contributed by atoms with Crippen molar-refractivity contribution in [3.05, 3.63) is 17.5 Å². The van der Waals surface area contributed by atoms with E-state index >= 15 is 0 Å². The monoisotopic (exact) mass is 249 g/mol. The van der Waals surface area contributed by atoms with Gasteiger partial charge in [-0.3, -0.25) is 4.79 Å². The fraction of sp³-hybridized carbons (Fsp3) is 0.692. The first-order valence-electron chi connectivity index (χ1n) is 6.70. The van der Waals surface area contributed by atoms with Crippen LogP contribution in [-0.2, 0) is 4.79 Å². The smallest absolute Gasteiger partial charge is 0.237 e. The highest BCUT2D eigenvalue weighted by atomic mass is 16.5. The van der Waals surface area contributed by atoms with E-state index in [1.54, 1.807) is 0 Å². The molecular formula is C13H19N3O2. The Labute approximate surface area is 107 Å². The summed E-state index contributed by atoms with van der Waals surface area (Å²) in [5.74, 6) is 1.00. The molecule has 1 aliphatic heterocycles. The van der Waals surface area contributed by atoms with Gasteiger partial charge in [0, 0.05) is 18.7 Å². The van der Waals surface area contributed by atoms with Crippen molar-refractivity contribution in [1.29, 1.82) is 0 Å². The maximum absolute atomic E-state index is 12.2. The minimum Gasteiger partial charge on any atom is -0.359 e. The molecule has 1 atom stereocenters. The van der Waals surface area contributed by atoms with Gasteiger partial charge >= 0.3 is 0 Å². The molecule has 1 amide bonds. The Kier molecular flexibility index (Phi) is 3.07. The number of likely N-dealkylation sites (tertiary alicyclic amines) is 1. The lowest BCUT2D eigenvalue weighted by Crippen LogP contribution is -2.38. The molecule has 1 aromatic rings. The second-order valence-electron chi connectivity index (χ2n) is 5.27. The summed E-state index contributed by atoms with van der Waals surface area (Å²) >= 11 is 0. The predicted octanol–water partition coefficient (Wildman–Crippen LogP) is 1.40. The average molecular weight is 249 g/mol. The number of rotatable bonds is 4. The molecule has 1 aromatic heterocycles. The topological polar surface area (TPSA) is 58.4 Å². The molecule has 2 heterocycles. The lowest BCUT2D eigenvalue weighted by Gasteiger charge is -2.22. The molecule has 0 aromatic carbocycles. The van der Waals surface area contributed by atoms with Gasteiger partial charge in [-0.25, -0.2) is 0 Å². The van der Waals surface area contributed by atoms with E-state index in [0.717, 1.165) is 30.8 Å². The number of carbonyl (C=O) groups excluding carboxylic acids is 1. The van der Waals surface area contributed by atoms with Crippen LogP contribution in [0.5, 0.6) is 0 Å². The quantitative estimate of drug-likeness (QED) is 0.876. The van der Waals surface area contributed by atoms with E-state index in [1.165, 1.54) is 12.8 Å². The van der Waals surface area contributed by atoms with Crippen LogP contribution in [0.1, 0.15) is 43.2 Å². The second-order valence-corrected chi connectivity index (χ2v) is 5.27. The third-order valence-corrected chi connectivity index (χ3v) is 3.67. The Balaban J connectivity index is 1.64. The molecule has 1 unspecified atom stereocenters. The fourth-order valence-corrected chi connectivity index (χ4v) is 2.52. The highest BCUT2D eigenvalue weighted by Crippen LogP contribution is 2.32. The van der Waals surface area contributed by atoms with Gasteiger partial charge in [-0.1, -0.05) is 5.16 Å². The lowest BCUT2D eigenvalue weighted by molar-refractivity contribution is -0.131. The SMILES string of the molecule is Cc1cc(C2CCCN2C(=O)CNC2CC2)on1. The van der Waals surface area contributed by atoms with Crippen LogP contribution in [0.3, 0.4) is 0 Å². The maximum Gasteiger partial charge on any atom is 0.237 e. The van der Waals surface area contributed by atoms with Crippen molar-refractivity contribution in [1.82, 2.24) is 15.4 Å². The van der Waals surface area contributed by atoms with Gasteiger partial charge in [0.2, 0.25) is 5.91 Å². The summed E-state index contributed by atoms with van der Waals surface area (Å²) in [4.78, 5) is 14.1. The minimum absolute atomic E-state index is 0.0831. The summed E-state index contributed by atoms with van der Waals surface area (Å²) in [6, 6.07) is 2.59. The van der Waals surface area contributed by atoms with Gasteiger partial charge in [-0.05, 0) is 32.6 Å². The Morgan fingerprint density at radius 1 is 1.56 bits per heavy atom. The number of carbonyl (C=O) groups is 1. The molecule has 98 valence electrons. The largest absolute Gasteiger partial charge is 0.359 e. The van der Waals surface area contributed by atoms with E-state index in [-0.39, 0.29) is 11.9 Å². The van der Waals surface area contributed by atoms with Crippen LogP contribution in [0.15, 0.2) is 10.6 Å². The number of nitrogens with zero attached hydrogens (tertiary/aromatic N) is 2. The molecule has 5 nitrogen and oxygen atoms in total. The molecule has 2 fully saturated rings. The van der Waals surface area contributed by atoms with Gasteiger partial charge in [0.15, 0.2) is 5.76 Å². The van der Waals surface area contributed by atoms with E-state index < -0.39 is 0 Å². The van der Waals surface area contributed by atoms with Gasteiger partial charge in [0.1, 0.15) is 0 Å². The van der Waals surface area contributed by atoms with Crippen LogP contribution < -0.4 is 5.32 Å². The summed E-state index contributed by atoms with van der Waals surface area (Å²) in [5, 5.41) is 7.18. The van der Waals surface area contributed by atoms with E-state index in [4.69, 9.17) is 4.52 Å². The molecule has 5 heteroatoms. The Morgan fingerprint density at radius 3 is 3.06 bits per heavy atom. The minimum atomic E-state index is 0.0831. The molecule has 1 aliphatic carbocycles. The second kappa shape index (κ2) is 4.72. The van der Waals surface area contributed by atoms with Gasteiger partial charge < -0.3 is 14.7 Å². The number of hydrogen-bond donors (Lipinski definition) is 1. The number of hydrogen-bond acceptors (Lipinski definition) is 4. The van der Waals surface area contributed by atoms with Crippen molar-refractivity contribution < 1.29 is 9.32 Å². The van der Waals surface area contributed by atoms with Gasteiger partial charge in [-0.15, -0.1) is 0 Å². The highest BCUT2D eigenvalue weighted by molar-refractivity contribution is 5.79. The first-order valence-corrected chi connectivity index (χ1v) is 6.70. The van der Waals surface area contributed by atoms with Crippen LogP contribution in [-0.4, -0.2) is 35.1 Å². The van der Waals surface area contributed by atoms with E-state index in [1.807, 2.05) is 17.9 Å². The van der Waals surface area contributed by atoms with Crippen molar-refractivity contribution in [2.75, 3.05) is 13.1 Å². The molecule has 1 saturated carbocycles. The Bertz CT molecular complexity index is 439. The fourth-order valence-electron chi connectivity index (χ4n) is 2.52. The van der Waals surface area contributed by atoms with Crippen molar-refractivity contribution in [3.8, 4) is 0 Å². The summed E-state index contributed by atoms with van der Waals surface area (Å²) < 4.78 is 5.30. The Morgan fingerprint density at radius 2 is 2.39 bits per heavy atom. The van der Waals surface area contributed by atoms with E-state index in [0.29, 0.717) is 12.6 Å². The van der Waals surface area contributed by atoms with Crippen molar-refractivity contribution >= 4 is 5.91 Å². The van der Waals surface area contributed by atoms with Crippen molar-refractivity contribution in [2.45, 2.75) is 44.7 Å². The van der Waals surface area contributed by atoms with Gasteiger partial charge in [0.05, 0.1) is 18.3 Å². The molecule has 0 spiro atoms. The van der Waals surface area contributed by atoms with Crippen LogP contribution in [0.25, 0.3) is 0 Å². The number of nitrogens with one attached hydrogen (secondary N) is 1. The summed E-state index contributed by atoms with van der Waals surface area (Å²) in [6.45, 7) is 3.19. The number of aromatic nitrogens is 1. The van der Waals surface area contributed by atoms with E-state index in [2.05, 4.69) is 10.5 Å². The third kappa shape index (κ3) is 2.41. The molecular weight excluding hydrogens is 230 g/mol. The predicted molar refractivity (Wildman–Crippen MR) is 66.0 cm³/mol. The van der Waals surface area contributed by atoms with Gasteiger partial charge in [-0.2, -0.15) is 0 Å². The third-order valence-electron chi connectivity index (χ3n) is 3.67. The molecule has 1 N–H and O–H groups in total. The summed E-state index contributed by atoms with van der Waals surface area (Å²) in [6.07, 6.45) is 4.43. The van der Waals surface area contributed by atoms with Crippen molar-refractivity contribution in [2.24, 2.45) is 0 Å². The number of amides is 1. The van der Waals surface area contributed by atoms with E-state index in [9.17, 15) is 4.79 Å². The number of aryl methyl sites for hydroxylation is 1. The van der Waals surface area contributed by atoms with Crippen molar-refractivity contribution in [3.63, 3.8) is 0 Å². The van der Waals surface area contributed by atoms with Crippen LogP contribution in [0.2, 0.25) is 0 Å². The first-order chi connectivity index (χ1) is 8.74. The standard InChI is InChI=1S/C13H19N3O2/c1-9-7-12(18-15-9)11-3-2-6-16(11)13(17)8-14-10-4-5-10/h7,10-11,14H,2-6,8H2,1H3. The normalized spacial score (nSPS) is 23.6. The zero-order chi connectivity index (χ0) is 12.5. The van der Waals surface area contributed by atoms with Gasteiger partial charge in [0.25, 0.3) is 0 Å². The molecule has 2 aliphatic rings. The lowest BCUT2D eigenvalue weighted by atomic mass is 10.1. The zero-order valence-electron chi connectivity index (χ0n) is 10.7. The summed E-state index contributed by atoms with van der Waals surface area (Å²) in [7, 11) is 0. The molecule has 3 rings (SSSR count). The molecule has 0 radical (unpaired) electrons.